The lowest BCUT2D eigenvalue weighted by atomic mass is 9.99. The lowest BCUT2D eigenvalue weighted by Gasteiger charge is -2.39. The monoisotopic (exact) mass is 807 g/mol. The number of aryl methyl sites for hydroxylation is 1. The lowest BCUT2D eigenvalue weighted by Crippen LogP contribution is -2.63. The molecule has 4 fully saturated rings. The molecule has 4 aliphatic rings. The highest BCUT2D eigenvalue weighted by molar-refractivity contribution is 5.98. The standard InChI is InChI=1S/C41H51F2N7O8/c1-22-10-12-29(13-11-22)45-41(57)46-30(19-26-17-27(42)20-28(43)18-26)35(51)47-34-25(4)58-40(56)33-16-23(2)21-50(33)37(53)24(3)44-36(52)31-8-5-6-14-48(31)38(54)32-9-7-15-49(32)39(34)55/h10-13,17-18,20,23-25,30-34H,5-9,14-16,19,21H2,1-4H3,(H,44,52)(H,47,51)(H2,45,46,57)/t23-,24-,25-,30-,31-,32-,33-,34?/m0/s1. The van der Waals surface area contributed by atoms with Crippen molar-refractivity contribution < 1.29 is 47.1 Å². The van der Waals surface area contributed by atoms with Crippen molar-refractivity contribution in [2.24, 2.45) is 5.92 Å². The Hall–Kier alpha value is -5.61. The minimum atomic E-state index is -1.62. The largest absolute Gasteiger partial charge is 0.458 e. The summed E-state index contributed by atoms with van der Waals surface area (Å²) in [5.74, 6) is -5.95. The number of amides is 7. The molecule has 4 N–H and O–H groups in total. The molecule has 2 aromatic carbocycles. The Morgan fingerprint density at radius 2 is 1.48 bits per heavy atom. The zero-order valence-electron chi connectivity index (χ0n) is 33.1. The summed E-state index contributed by atoms with van der Waals surface area (Å²) in [7, 11) is 0. The topological polar surface area (TPSA) is 187 Å². The molecule has 0 bridgehead atoms. The van der Waals surface area contributed by atoms with Crippen LogP contribution in [0, 0.1) is 24.5 Å². The van der Waals surface area contributed by atoms with Crippen molar-refractivity contribution in [2.75, 3.05) is 25.0 Å². The number of benzene rings is 2. The molecule has 8 atom stereocenters. The van der Waals surface area contributed by atoms with Gasteiger partial charge in [-0.3, -0.25) is 24.0 Å². The Kier molecular flexibility index (Phi) is 13.0. The number of nitrogens with zero attached hydrogens (tertiary/aromatic N) is 3. The number of piperidine rings is 1. The smallest absolute Gasteiger partial charge is 0.329 e. The molecular weight excluding hydrogens is 756 g/mol. The summed E-state index contributed by atoms with van der Waals surface area (Å²) in [4.78, 5) is 102. The van der Waals surface area contributed by atoms with E-state index in [4.69, 9.17) is 4.74 Å². The average molecular weight is 808 g/mol. The highest BCUT2D eigenvalue weighted by Gasteiger charge is 2.47. The van der Waals surface area contributed by atoms with Gasteiger partial charge in [0.2, 0.25) is 29.5 Å². The van der Waals surface area contributed by atoms with E-state index in [-0.39, 0.29) is 44.0 Å². The van der Waals surface area contributed by atoms with E-state index in [0.29, 0.717) is 37.4 Å². The number of carbonyl (C=O) groups excluding carboxylic acids is 7. The molecular formula is C41H51F2N7O8. The molecule has 7 amide bonds. The van der Waals surface area contributed by atoms with Crippen molar-refractivity contribution in [3.63, 3.8) is 0 Å². The van der Waals surface area contributed by atoms with E-state index >= 15 is 0 Å². The van der Waals surface area contributed by atoms with E-state index in [9.17, 15) is 42.3 Å². The first-order chi connectivity index (χ1) is 27.6. The SMILES string of the molecule is Cc1ccc(NC(=O)N[C@@H](Cc2cc(F)cc(F)c2)C(=O)NC2C(=O)N3CCC[C@H]3C(=O)N3CCCC[C@H]3C(=O)N[C@@H](C)C(=O)N3C[C@@H](C)C[C@H]3C(=O)O[C@H]2C)cc1. The molecule has 0 aliphatic carbocycles. The maximum absolute atomic E-state index is 14.7. The van der Waals surface area contributed by atoms with Gasteiger partial charge in [0.25, 0.3) is 0 Å². The van der Waals surface area contributed by atoms with E-state index in [2.05, 4.69) is 21.3 Å². The third-order valence-corrected chi connectivity index (χ3v) is 11.3. The summed E-state index contributed by atoms with van der Waals surface area (Å²) in [6.07, 6.45) is 0.815. The molecule has 0 radical (unpaired) electrons. The van der Waals surface area contributed by atoms with Crippen LogP contribution < -0.4 is 21.3 Å². The number of nitrogens with one attached hydrogen (secondary N) is 4. The van der Waals surface area contributed by atoms with Gasteiger partial charge in [-0.25, -0.2) is 18.4 Å². The number of halogens is 2. The molecule has 2 aromatic rings. The number of cyclic esters (lactones) is 1. The number of fused-ring (bicyclic) bond motifs is 3. The predicted molar refractivity (Wildman–Crippen MR) is 206 cm³/mol. The van der Waals surface area contributed by atoms with Gasteiger partial charge in [0.1, 0.15) is 54.0 Å². The zero-order chi connectivity index (χ0) is 41.8. The highest BCUT2D eigenvalue weighted by atomic mass is 19.1. The third-order valence-electron chi connectivity index (χ3n) is 11.3. The van der Waals surface area contributed by atoms with Crippen molar-refractivity contribution in [1.82, 2.24) is 30.7 Å². The summed E-state index contributed by atoms with van der Waals surface area (Å²) in [6.45, 7) is 7.24. The molecule has 6 rings (SSSR count). The zero-order valence-corrected chi connectivity index (χ0v) is 33.1. The van der Waals surface area contributed by atoms with Crippen LogP contribution in [-0.4, -0.2) is 118 Å². The molecule has 4 aliphatic heterocycles. The first-order valence-corrected chi connectivity index (χ1v) is 19.9. The van der Waals surface area contributed by atoms with E-state index < -0.39 is 102 Å². The van der Waals surface area contributed by atoms with Gasteiger partial charge in [-0.05, 0) is 95.0 Å². The number of anilines is 1. The van der Waals surface area contributed by atoms with Crippen LogP contribution >= 0.6 is 0 Å². The van der Waals surface area contributed by atoms with Crippen LogP contribution in [0.1, 0.15) is 70.4 Å². The van der Waals surface area contributed by atoms with Crippen LogP contribution in [0.2, 0.25) is 0 Å². The Bertz CT molecular complexity index is 1910. The number of esters is 1. The molecule has 4 saturated heterocycles. The summed E-state index contributed by atoms with van der Waals surface area (Å²) < 4.78 is 34.5. The van der Waals surface area contributed by atoms with E-state index in [0.717, 1.165) is 17.7 Å². The van der Waals surface area contributed by atoms with Gasteiger partial charge < -0.3 is 40.7 Å². The van der Waals surface area contributed by atoms with Crippen molar-refractivity contribution in [1.29, 1.82) is 0 Å². The Labute approximate surface area is 335 Å². The number of rotatable bonds is 6. The number of hydrogen-bond acceptors (Lipinski definition) is 8. The van der Waals surface area contributed by atoms with Crippen molar-refractivity contribution in [2.45, 2.75) is 115 Å². The van der Waals surface area contributed by atoms with Gasteiger partial charge in [-0.2, -0.15) is 0 Å². The minimum absolute atomic E-state index is 0.0248. The summed E-state index contributed by atoms with van der Waals surface area (Å²) >= 11 is 0. The number of ether oxygens (including phenoxy) is 1. The first kappa shape index (κ1) is 42.0. The fraction of sp³-hybridized carbons (Fsp3) is 0.537. The first-order valence-electron chi connectivity index (χ1n) is 19.9. The summed E-state index contributed by atoms with van der Waals surface area (Å²) in [5.41, 5.74) is 1.36. The van der Waals surface area contributed by atoms with Gasteiger partial charge >= 0.3 is 12.0 Å². The van der Waals surface area contributed by atoms with Crippen LogP contribution in [-0.2, 0) is 39.9 Å². The van der Waals surface area contributed by atoms with Crippen LogP contribution in [0.3, 0.4) is 0 Å². The molecule has 312 valence electrons. The summed E-state index contributed by atoms with van der Waals surface area (Å²) in [5, 5.41) is 10.6. The second-order valence-corrected chi connectivity index (χ2v) is 15.9. The van der Waals surface area contributed by atoms with Crippen LogP contribution in [0.4, 0.5) is 19.3 Å². The fourth-order valence-corrected chi connectivity index (χ4v) is 8.36. The van der Waals surface area contributed by atoms with E-state index in [1.54, 1.807) is 24.3 Å². The van der Waals surface area contributed by atoms with Crippen LogP contribution in [0.15, 0.2) is 42.5 Å². The molecule has 0 aromatic heterocycles. The minimum Gasteiger partial charge on any atom is -0.458 e. The molecule has 58 heavy (non-hydrogen) atoms. The average Bonchev–Trinajstić information content (AvgIpc) is 3.83. The number of carbonyl (C=O) groups is 7. The Morgan fingerprint density at radius 1 is 0.828 bits per heavy atom. The van der Waals surface area contributed by atoms with Gasteiger partial charge in [-0.1, -0.05) is 24.6 Å². The van der Waals surface area contributed by atoms with Crippen molar-refractivity contribution in [3.8, 4) is 0 Å². The number of hydrogen-bond donors (Lipinski definition) is 4. The van der Waals surface area contributed by atoms with Crippen LogP contribution in [0.25, 0.3) is 0 Å². The van der Waals surface area contributed by atoms with E-state index in [1.807, 2.05) is 13.8 Å². The predicted octanol–water partition coefficient (Wildman–Crippen LogP) is 2.55. The molecule has 1 unspecified atom stereocenters. The van der Waals surface area contributed by atoms with Crippen LogP contribution in [0.5, 0.6) is 0 Å². The molecule has 0 saturated carbocycles. The lowest BCUT2D eigenvalue weighted by molar-refractivity contribution is -0.163. The van der Waals surface area contributed by atoms with Crippen molar-refractivity contribution >= 4 is 47.2 Å². The van der Waals surface area contributed by atoms with Gasteiger partial charge in [0, 0.05) is 37.8 Å². The molecule has 4 heterocycles. The second kappa shape index (κ2) is 17.9. The maximum Gasteiger partial charge on any atom is 0.329 e. The van der Waals surface area contributed by atoms with Crippen molar-refractivity contribution in [3.05, 3.63) is 65.2 Å². The second-order valence-electron chi connectivity index (χ2n) is 15.9. The third kappa shape index (κ3) is 9.56. The normalized spacial score (nSPS) is 27.5. The Balaban J connectivity index is 1.34. The van der Waals surface area contributed by atoms with E-state index in [1.165, 1.54) is 28.5 Å². The van der Waals surface area contributed by atoms with Gasteiger partial charge in [0.05, 0.1) is 0 Å². The van der Waals surface area contributed by atoms with Gasteiger partial charge in [0.15, 0.2) is 0 Å². The maximum atomic E-state index is 14.7. The van der Waals surface area contributed by atoms with Gasteiger partial charge in [-0.15, -0.1) is 0 Å². The number of urea groups is 1. The summed E-state index contributed by atoms with van der Waals surface area (Å²) in [6, 6.07) is 1.56. The molecule has 0 spiro atoms. The fourth-order valence-electron chi connectivity index (χ4n) is 8.36. The highest BCUT2D eigenvalue weighted by Crippen LogP contribution is 2.29. The molecule has 15 nitrogen and oxygen atoms in total. The molecule has 17 heteroatoms. The Morgan fingerprint density at radius 3 is 2.19 bits per heavy atom. The quantitative estimate of drug-likeness (QED) is 0.321.